The molecule has 3 rings (SSSR count). The highest BCUT2D eigenvalue weighted by Gasteiger charge is 2.39. The van der Waals surface area contributed by atoms with E-state index in [-0.39, 0.29) is 36.8 Å². The fourth-order valence-corrected chi connectivity index (χ4v) is 5.14. The topological polar surface area (TPSA) is 126 Å². The van der Waals surface area contributed by atoms with E-state index < -0.39 is 39.7 Å². The zero-order valence-electron chi connectivity index (χ0n) is 18.7. The fourth-order valence-electron chi connectivity index (χ4n) is 3.65. The number of piperazine rings is 1. The van der Waals surface area contributed by atoms with Crippen molar-refractivity contribution in [2.45, 2.75) is 30.5 Å². The summed E-state index contributed by atoms with van der Waals surface area (Å²) in [5, 5.41) is 2.33. The van der Waals surface area contributed by atoms with Gasteiger partial charge in [0.15, 0.2) is 0 Å². The average Bonchev–Trinajstić information content (AvgIpc) is 2.83. The number of ether oxygens (including phenoxy) is 1. The van der Waals surface area contributed by atoms with Crippen LogP contribution in [0.2, 0.25) is 0 Å². The van der Waals surface area contributed by atoms with Crippen LogP contribution in [0.5, 0.6) is 0 Å². The number of pyridine rings is 1. The van der Waals surface area contributed by atoms with Crippen molar-refractivity contribution in [1.82, 2.24) is 9.29 Å². The maximum absolute atomic E-state index is 13.3. The summed E-state index contributed by atoms with van der Waals surface area (Å²) in [6.07, 6.45) is -4.31. The van der Waals surface area contributed by atoms with Gasteiger partial charge in [0.05, 0.1) is 24.0 Å². The smallest absolute Gasteiger partial charge is 0.417 e. The number of carbonyl (C=O) groups is 2. The van der Waals surface area contributed by atoms with E-state index in [1.807, 2.05) is 0 Å². The molecule has 14 heteroatoms. The number of aryl methyl sites for hydroxylation is 1. The predicted octanol–water partition coefficient (Wildman–Crippen LogP) is 2.30. The summed E-state index contributed by atoms with van der Waals surface area (Å²) in [5.74, 6) is -1.69. The summed E-state index contributed by atoms with van der Waals surface area (Å²) in [6.45, 7) is 1.14. The van der Waals surface area contributed by atoms with Crippen molar-refractivity contribution in [2.24, 2.45) is 5.18 Å². The molecule has 1 amide bonds. The van der Waals surface area contributed by atoms with Gasteiger partial charge in [-0.25, -0.2) is 18.2 Å². The van der Waals surface area contributed by atoms with Crippen LogP contribution in [0, 0.1) is 11.8 Å². The zero-order valence-corrected chi connectivity index (χ0v) is 19.5. The standard InChI is InChI=1S/C21H21F3N4O6S/c1-13-3-5-16(9-14(13)10-19(29)26-31)35(32,33)27-7-8-28(17(12-27)20(30)34-2)18-6-4-15(11-25-18)21(22,23)24/h3-6,9,11,17H,7-8,10,12H2,1-2H3. The van der Waals surface area contributed by atoms with E-state index in [0.29, 0.717) is 17.3 Å². The van der Waals surface area contributed by atoms with Crippen LogP contribution in [0.25, 0.3) is 0 Å². The number of hydrogen-bond donors (Lipinski definition) is 0. The number of nitrogens with zero attached hydrogens (tertiary/aromatic N) is 4. The third kappa shape index (κ3) is 5.65. The molecule has 0 radical (unpaired) electrons. The van der Waals surface area contributed by atoms with Crippen molar-refractivity contribution in [3.63, 3.8) is 0 Å². The first-order valence-corrected chi connectivity index (χ1v) is 11.7. The monoisotopic (exact) mass is 514 g/mol. The number of methoxy groups -OCH3 is 1. The van der Waals surface area contributed by atoms with Crippen LogP contribution in [0.1, 0.15) is 16.7 Å². The van der Waals surface area contributed by atoms with Gasteiger partial charge in [0.1, 0.15) is 11.9 Å². The Balaban J connectivity index is 1.89. The van der Waals surface area contributed by atoms with E-state index in [4.69, 9.17) is 4.74 Å². The van der Waals surface area contributed by atoms with Gasteiger partial charge in [-0.3, -0.25) is 4.79 Å². The highest BCUT2D eigenvalue weighted by molar-refractivity contribution is 7.89. The van der Waals surface area contributed by atoms with E-state index in [2.05, 4.69) is 10.2 Å². The molecule has 0 aliphatic carbocycles. The number of hydrogen-bond acceptors (Lipinski definition) is 8. The van der Waals surface area contributed by atoms with Crippen molar-refractivity contribution >= 4 is 27.7 Å². The molecular weight excluding hydrogens is 493 g/mol. The van der Waals surface area contributed by atoms with E-state index >= 15 is 0 Å². The van der Waals surface area contributed by atoms with Gasteiger partial charge in [-0.15, -0.1) is 4.91 Å². The van der Waals surface area contributed by atoms with Gasteiger partial charge in [0.2, 0.25) is 10.0 Å². The highest BCUT2D eigenvalue weighted by Crippen LogP contribution is 2.31. The van der Waals surface area contributed by atoms with Gasteiger partial charge in [-0.05, 0) is 42.3 Å². The number of halogens is 3. The second-order valence-corrected chi connectivity index (χ2v) is 9.69. The molecule has 1 atom stereocenters. The van der Waals surface area contributed by atoms with Crippen LogP contribution in [0.4, 0.5) is 19.0 Å². The van der Waals surface area contributed by atoms with Crippen molar-refractivity contribution in [3.05, 3.63) is 58.1 Å². The lowest BCUT2D eigenvalue weighted by Crippen LogP contribution is -2.58. The Hall–Kier alpha value is -3.39. The van der Waals surface area contributed by atoms with Gasteiger partial charge >= 0.3 is 12.1 Å². The van der Waals surface area contributed by atoms with Crippen LogP contribution < -0.4 is 4.90 Å². The van der Waals surface area contributed by atoms with Crippen molar-refractivity contribution in [3.8, 4) is 0 Å². The number of rotatable bonds is 6. The molecule has 1 fully saturated rings. The summed E-state index contributed by atoms with van der Waals surface area (Å²) in [7, 11) is -3.03. The largest absolute Gasteiger partial charge is 0.467 e. The van der Waals surface area contributed by atoms with E-state index in [9.17, 15) is 36.1 Å². The number of alkyl halides is 3. The average molecular weight is 514 g/mol. The molecule has 1 aliphatic rings. The Kier molecular flexibility index (Phi) is 7.55. The molecule has 10 nitrogen and oxygen atoms in total. The molecular formula is C21H21F3N4O6S. The highest BCUT2D eigenvalue weighted by atomic mass is 32.2. The van der Waals surface area contributed by atoms with E-state index in [1.165, 1.54) is 23.1 Å². The second-order valence-electron chi connectivity index (χ2n) is 7.75. The molecule has 0 N–H and O–H groups in total. The van der Waals surface area contributed by atoms with Crippen LogP contribution in [-0.2, 0) is 36.9 Å². The molecule has 1 saturated heterocycles. The van der Waals surface area contributed by atoms with Gasteiger partial charge in [-0.2, -0.15) is 17.5 Å². The van der Waals surface area contributed by atoms with Crippen molar-refractivity contribution in [2.75, 3.05) is 31.6 Å². The first kappa shape index (κ1) is 26.2. The van der Waals surface area contributed by atoms with Gasteiger partial charge in [0.25, 0.3) is 5.91 Å². The fraction of sp³-hybridized carbons (Fsp3) is 0.381. The normalized spacial score (nSPS) is 17.2. The summed E-state index contributed by atoms with van der Waals surface area (Å²) < 4.78 is 71.0. The number of benzene rings is 1. The first-order chi connectivity index (χ1) is 16.4. The third-order valence-corrected chi connectivity index (χ3v) is 7.45. The third-order valence-electron chi connectivity index (χ3n) is 5.59. The lowest BCUT2D eigenvalue weighted by atomic mass is 10.1. The molecule has 2 aromatic rings. The molecule has 188 valence electrons. The SMILES string of the molecule is COC(=O)C1CN(S(=O)(=O)c2ccc(C)c(CC(=O)N=O)c2)CCN1c1ccc(C(F)(F)F)cn1. The maximum Gasteiger partial charge on any atom is 0.417 e. The van der Waals surface area contributed by atoms with Gasteiger partial charge in [-0.1, -0.05) is 6.07 Å². The van der Waals surface area contributed by atoms with Crippen LogP contribution in [0.15, 0.2) is 46.6 Å². The summed E-state index contributed by atoms with van der Waals surface area (Å²) >= 11 is 0. The minimum Gasteiger partial charge on any atom is -0.467 e. The Morgan fingerprint density at radius 1 is 1.20 bits per heavy atom. The van der Waals surface area contributed by atoms with Crippen molar-refractivity contribution < 1.29 is 35.9 Å². The maximum atomic E-state index is 13.3. The molecule has 1 aliphatic heterocycles. The molecule has 0 bridgehead atoms. The molecule has 1 unspecified atom stereocenters. The molecule has 0 saturated carbocycles. The lowest BCUT2D eigenvalue weighted by molar-refractivity contribution is -0.143. The summed E-state index contributed by atoms with van der Waals surface area (Å²) in [4.78, 5) is 39.4. The number of sulfonamides is 1. The molecule has 2 heterocycles. The zero-order chi connectivity index (χ0) is 26.0. The number of aromatic nitrogens is 1. The van der Waals surface area contributed by atoms with E-state index in [0.717, 1.165) is 23.5 Å². The van der Waals surface area contributed by atoms with Gasteiger partial charge in [0, 0.05) is 31.0 Å². The summed E-state index contributed by atoms with van der Waals surface area (Å²) in [5.41, 5.74) is -0.0603. The Morgan fingerprint density at radius 2 is 1.91 bits per heavy atom. The molecule has 1 aromatic heterocycles. The summed E-state index contributed by atoms with van der Waals surface area (Å²) in [6, 6.07) is 4.85. The Morgan fingerprint density at radius 3 is 2.49 bits per heavy atom. The molecule has 0 spiro atoms. The lowest BCUT2D eigenvalue weighted by Gasteiger charge is -2.39. The first-order valence-electron chi connectivity index (χ1n) is 10.2. The number of nitroso groups, excluding NO2 is 1. The predicted molar refractivity (Wildman–Crippen MR) is 117 cm³/mol. The van der Waals surface area contributed by atoms with Crippen LogP contribution in [0.3, 0.4) is 0 Å². The quantitative estimate of drug-likeness (QED) is 0.425. The van der Waals surface area contributed by atoms with Crippen LogP contribution >= 0.6 is 0 Å². The number of anilines is 1. The minimum absolute atomic E-state index is 0.0520. The number of amides is 1. The van der Waals surface area contributed by atoms with Gasteiger partial charge < -0.3 is 9.64 Å². The molecule has 35 heavy (non-hydrogen) atoms. The second kappa shape index (κ2) is 10.1. The number of esters is 1. The number of carbonyl (C=O) groups excluding carboxylic acids is 2. The molecule has 1 aromatic carbocycles. The van der Waals surface area contributed by atoms with E-state index in [1.54, 1.807) is 6.92 Å². The Bertz CT molecular complexity index is 1230. The Labute approximate surface area is 198 Å². The minimum atomic E-state index is -4.58. The van der Waals surface area contributed by atoms with Crippen molar-refractivity contribution in [1.29, 1.82) is 0 Å². The van der Waals surface area contributed by atoms with Crippen LogP contribution in [-0.4, -0.2) is 62.4 Å².